The van der Waals surface area contributed by atoms with Crippen LogP contribution in [-0.4, -0.2) is 50.8 Å². The number of hydrogen-bond donors (Lipinski definition) is 1. The van der Waals surface area contributed by atoms with E-state index in [9.17, 15) is 18.0 Å². The Hall–Kier alpha value is -3.89. The van der Waals surface area contributed by atoms with Gasteiger partial charge in [0, 0.05) is 54.5 Å². The van der Waals surface area contributed by atoms with E-state index in [-0.39, 0.29) is 36.0 Å². The molecule has 0 bridgehead atoms. The van der Waals surface area contributed by atoms with E-state index in [1.807, 2.05) is 31.2 Å². The van der Waals surface area contributed by atoms with E-state index in [0.29, 0.717) is 47.7 Å². The Labute approximate surface area is 209 Å². The van der Waals surface area contributed by atoms with Gasteiger partial charge in [-0.2, -0.15) is 10.1 Å². The first-order valence-corrected chi connectivity index (χ1v) is 12.2. The molecule has 3 fully saturated rings. The average molecular weight is 509 g/mol. The zero-order chi connectivity index (χ0) is 25.5. The molecule has 0 radical (unpaired) electrons. The minimum atomic E-state index is -2.54. The quantitative estimate of drug-likeness (QED) is 0.408. The number of aromatic nitrogens is 4. The van der Waals surface area contributed by atoms with Crippen molar-refractivity contribution in [3.05, 3.63) is 59.7 Å². The highest BCUT2D eigenvalue weighted by Crippen LogP contribution is 2.57. The standard InChI is InChI=1S/C26H23F3N6O2/c1-14-2-3-15(22-32-24(37-33-22)17-8-19(17)27)6-20(14)31-23(36)18-9-30-35-5-4-16(7-21(18)35)34-12-25(13-34)10-26(28,29)11-25/h2-7,9,17,19H,8,10-13H2,1H3,(H,31,36)/t17-,19-/m0/s1. The molecule has 37 heavy (non-hydrogen) atoms. The summed E-state index contributed by atoms with van der Waals surface area (Å²) in [6.45, 7) is 3.05. The molecular formula is C26H23F3N6O2. The molecule has 3 aliphatic rings. The minimum absolute atomic E-state index is 0.0559. The monoisotopic (exact) mass is 508 g/mol. The van der Waals surface area contributed by atoms with Gasteiger partial charge in [-0.1, -0.05) is 17.3 Å². The number of fused-ring (bicyclic) bond motifs is 1. The van der Waals surface area contributed by atoms with Gasteiger partial charge in [0.1, 0.15) is 6.17 Å². The van der Waals surface area contributed by atoms with Gasteiger partial charge in [-0.05, 0) is 37.1 Å². The molecule has 7 rings (SSSR count). The third kappa shape index (κ3) is 3.75. The lowest BCUT2D eigenvalue weighted by molar-refractivity contribution is -0.170. The van der Waals surface area contributed by atoms with E-state index in [4.69, 9.17) is 4.52 Å². The van der Waals surface area contributed by atoms with Crippen molar-refractivity contribution in [1.82, 2.24) is 19.8 Å². The summed E-state index contributed by atoms with van der Waals surface area (Å²) in [6, 6.07) is 9.16. The topological polar surface area (TPSA) is 88.6 Å². The van der Waals surface area contributed by atoms with E-state index in [1.165, 1.54) is 6.20 Å². The molecule has 4 heterocycles. The Bertz CT molecular complexity index is 1550. The Morgan fingerprint density at radius 1 is 1.19 bits per heavy atom. The predicted molar refractivity (Wildman–Crippen MR) is 129 cm³/mol. The van der Waals surface area contributed by atoms with Crippen LogP contribution >= 0.6 is 0 Å². The molecule has 1 saturated heterocycles. The summed E-state index contributed by atoms with van der Waals surface area (Å²) in [5, 5.41) is 11.2. The second kappa shape index (κ2) is 7.56. The van der Waals surface area contributed by atoms with Crippen molar-refractivity contribution in [1.29, 1.82) is 0 Å². The molecule has 2 atom stereocenters. The number of halogens is 3. The maximum absolute atomic E-state index is 13.4. The fourth-order valence-corrected chi connectivity index (χ4v) is 5.56. The van der Waals surface area contributed by atoms with Crippen LogP contribution in [0.5, 0.6) is 0 Å². The first-order chi connectivity index (χ1) is 17.7. The number of pyridine rings is 1. The van der Waals surface area contributed by atoms with Crippen molar-refractivity contribution in [3.8, 4) is 11.4 Å². The van der Waals surface area contributed by atoms with Crippen molar-refractivity contribution in [2.45, 2.75) is 44.2 Å². The fourth-order valence-electron chi connectivity index (χ4n) is 5.56. The second-order valence-electron chi connectivity index (χ2n) is 10.6. The summed E-state index contributed by atoms with van der Waals surface area (Å²) >= 11 is 0. The highest BCUT2D eigenvalue weighted by molar-refractivity contribution is 6.09. The van der Waals surface area contributed by atoms with Crippen LogP contribution in [0.3, 0.4) is 0 Å². The molecule has 1 N–H and O–H groups in total. The average Bonchev–Trinajstić information content (AvgIpc) is 3.21. The highest BCUT2D eigenvalue weighted by atomic mass is 19.3. The SMILES string of the molecule is Cc1ccc(-c2noc([C@H]3C[C@@H]3F)n2)cc1NC(=O)c1cnn2ccc(N3CC4(C3)CC(F)(F)C4)cc12. The number of hydrogen-bond acceptors (Lipinski definition) is 6. The van der Waals surface area contributed by atoms with Gasteiger partial charge in [0.25, 0.3) is 5.91 Å². The third-order valence-corrected chi connectivity index (χ3v) is 7.65. The van der Waals surface area contributed by atoms with Gasteiger partial charge in [0.2, 0.25) is 17.6 Å². The number of nitrogens with one attached hydrogen (secondary N) is 1. The molecule has 8 nitrogen and oxygen atoms in total. The van der Waals surface area contributed by atoms with E-state index in [1.54, 1.807) is 16.8 Å². The molecular weight excluding hydrogens is 485 g/mol. The van der Waals surface area contributed by atoms with Gasteiger partial charge < -0.3 is 14.7 Å². The van der Waals surface area contributed by atoms with Gasteiger partial charge in [-0.3, -0.25) is 4.79 Å². The number of carbonyl (C=O) groups is 1. The summed E-state index contributed by atoms with van der Waals surface area (Å²) in [5.41, 5.74) is 3.66. The molecule has 1 amide bonds. The Morgan fingerprint density at radius 3 is 2.70 bits per heavy atom. The van der Waals surface area contributed by atoms with E-state index < -0.39 is 12.1 Å². The van der Waals surface area contributed by atoms with Crippen molar-refractivity contribution in [2.75, 3.05) is 23.3 Å². The number of aryl methyl sites for hydroxylation is 1. The Balaban J connectivity index is 1.11. The zero-order valence-electron chi connectivity index (χ0n) is 19.9. The first kappa shape index (κ1) is 22.3. The maximum atomic E-state index is 13.4. The summed E-state index contributed by atoms with van der Waals surface area (Å²) in [4.78, 5) is 19.6. The molecule has 11 heteroatoms. The van der Waals surface area contributed by atoms with Gasteiger partial charge in [-0.25, -0.2) is 17.7 Å². The van der Waals surface area contributed by atoms with E-state index in [0.717, 1.165) is 11.3 Å². The van der Waals surface area contributed by atoms with Crippen LogP contribution in [0.25, 0.3) is 16.9 Å². The van der Waals surface area contributed by atoms with Crippen molar-refractivity contribution in [2.24, 2.45) is 5.41 Å². The zero-order valence-corrected chi connectivity index (χ0v) is 19.9. The van der Waals surface area contributed by atoms with Gasteiger partial charge in [-0.15, -0.1) is 0 Å². The van der Waals surface area contributed by atoms with Crippen LogP contribution in [0.15, 0.2) is 47.2 Å². The molecule has 4 aromatic rings. The largest absolute Gasteiger partial charge is 0.370 e. The maximum Gasteiger partial charge on any atom is 0.259 e. The van der Waals surface area contributed by atoms with Gasteiger partial charge in [0.15, 0.2) is 0 Å². The molecule has 190 valence electrons. The number of alkyl halides is 3. The summed E-state index contributed by atoms with van der Waals surface area (Å²) in [6.07, 6.45) is 2.62. The third-order valence-electron chi connectivity index (χ3n) is 7.65. The summed E-state index contributed by atoms with van der Waals surface area (Å²) < 4.78 is 46.9. The van der Waals surface area contributed by atoms with Crippen molar-refractivity contribution < 1.29 is 22.5 Å². The predicted octanol–water partition coefficient (Wildman–Crippen LogP) is 5.01. The number of benzene rings is 1. The van der Waals surface area contributed by atoms with Crippen LogP contribution in [0.4, 0.5) is 24.5 Å². The second-order valence-corrected chi connectivity index (χ2v) is 10.6. The van der Waals surface area contributed by atoms with Gasteiger partial charge >= 0.3 is 0 Å². The van der Waals surface area contributed by atoms with Crippen LogP contribution in [0.2, 0.25) is 0 Å². The molecule has 2 saturated carbocycles. The summed E-state index contributed by atoms with van der Waals surface area (Å²) in [5.74, 6) is -2.58. The summed E-state index contributed by atoms with van der Waals surface area (Å²) in [7, 11) is 0. The van der Waals surface area contributed by atoms with Crippen LogP contribution in [0.1, 0.15) is 47.0 Å². The number of anilines is 2. The molecule has 3 aromatic heterocycles. The Kier molecular flexibility index (Phi) is 4.56. The Morgan fingerprint density at radius 2 is 1.97 bits per heavy atom. The molecule has 2 aliphatic carbocycles. The highest BCUT2D eigenvalue weighted by Gasteiger charge is 2.61. The molecule has 1 aromatic carbocycles. The van der Waals surface area contributed by atoms with Crippen LogP contribution in [-0.2, 0) is 0 Å². The fraction of sp³-hybridized carbons (Fsp3) is 0.385. The van der Waals surface area contributed by atoms with Crippen LogP contribution < -0.4 is 10.2 Å². The van der Waals surface area contributed by atoms with E-state index >= 15 is 0 Å². The lowest BCUT2D eigenvalue weighted by Crippen LogP contribution is -2.66. The first-order valence-electron chi connectivity index (χ1n) is 12.2. The molecule has 0 unspecified atom stereocenters. The number of amides is 1. The minimum Gasteiger partial charge on any atom is -0.370 e. The molecule has 1 aliphatic heterocycles. The smallest absolute Gasteiger partial charge is 0.259 e. The number of rotatable bonds is 5. The van der Waals surface area contributed by atoms with Crippen molar-refractivity contribution in [3.63, 3.8) is 0 Å². The van der Waals surface area contributed by atoms with E-state index in [2.05, 4.69) is 25.5 Å². The molecule has 1 spiro atoms. The normalized spacial score (nSPS) is 23.1. The van der Waals surface area contributed by atoms with Gasteiger partial charge in [0.05, 0.1) is 23.2 Å². The number of nitrogens with zero attached hydrogens (tertiary/aromatic N) is 5. The lowest BCUT2D eigenvalue weighted by atomic mass is 9.61. The number of carbonyl (C=O) groups excluding carboxylic acids is 1. The lowest BCUT2D eigenvalue weighted by Gasteiger charge is -2.59. The van der Waals surface area contributed by atoms with Crippen LogP contribution in [0, 0.1) is 12.3 Å². The van der Waals surface area contributed by atoms with Crippen molar-refractivity contribution >= 4 is 22.8 Å².